The molecule has 18 heavy (non-hydrogen) atoms. The summed E-state index contributed by atoms with van der Waals surface area (Å²) < 4.78 is 0. The van der Waals surface area contributed by atoms with E-state index in [1.165, 1.54) is 45.6 Å². The molecule has 0 amide bonds. The Balaban J connectivity index is 1.93. The Bertz CT molecular complexity index is 285. The van der Waals surface area contributed by atoms with Gasteiger partial charge in [-0.25, -0.2) is 0 Å². The van der Waals surface area contributed by atoms with Crippen LogP contribution < -0.4 is 5.32 Å². The summed E-state index contributed by atoms with van der Waals surface area (Å²) >= 11 is 0. The van der Waals surface area contributed by atoms with Gasteiger partial charge in [-0.2, -0.15) is 0 Å². The molecule has 106 valence electrons. The second-order valence-electron chi connectivity index (χ2n) is 7.57. The summed E-state index contributed by atoms with van der Waals surface area (Å²) in [6, 6.07) is 0.658. The fourth-order valence-corrected chi connectivity index (χ4v) is 3.34. The molecule has 0 saturated carbocycles. The predicted molar refractivity (Wildman–Crippen MR) is 78.0 cm³/mol. The molecular formula is C15H31N3. The van der Waals surface area contributed by atoms with E-state index in [1.54, 1.807) is 0 Å². The highest BCUT2D eigenvalue weighted by Crippen LogP contribution is 2.31. The van der Waals surface area contributed by atoms with Crippen molar-refractivity contribution in [2.75, 3.05) is 39.8 Å². The number of nitrogens with zero attached hydrogens (tertiary/aromatic N) is 2. The molecule has 1 N–H and O–H groups in total. The first-order chi connectivity index (χ1) is 8.31. The van der Waals surface area contributed by atoms with E-state index in [4.69, 9.17) is 0 Å². The van der Waals surface area contributed by atoms with Gasteiger partial charge in [-0.15, -0.1) is 0 Å². The van der Waals surface area contributed by atoms with Gasteiger partial charge in [0.1, 0.15) is 0 Å². The molecule has 3 nitrogen and oxygen atoms in total. The van der Waals surface area contributed by atoms with Crippen LogP contribution in [-0.4, -0.2) is 61.2 Å². The highest BCUT2D eigenvalue weighted by atomic mass is 15.3. The van der Waals surface area contributed by atoms with Crippen molar-refractivity contribution < 1.29 is 0 Å². The predicted octanol–water partition coefficient (Wildman–Crippen LogP) is 1.79. The van der Waals surface area contributed by atoms with Crippen molar-refractivity contribution in [2.24, 2.45) is 5.41 Å². The molecule has 3 heteroatoms. The summed E-state index contributed by atoms with van der Waals surface area (Å²) in [5, 5.41) is 3.74. The molecule has 2 aliphatic heterocycles. The van der Waals surface area contributed by atoms with Crippen LogP contribution in [0.2, 0.25) is 0 Å². The van der Waals surface area contributed by atoms with E-state index in [2.05, 4.69) is 49.9 Å². The lowest BCUT2D eigenvalue weighted by Gasteiger charge is -2.48. The molecule has 1 unspecified atom stereocenters. The topological polar surface area (TPSA) is 18.5 Å². The van der Waals surface area contributed by atoms with Crippen molar-refractivity contribution in [3.8, 4) is 0 Å². The molecule has 2 heterocycles. The highest BCUT2D eigenvalue weighted by Gasteiger charge is 2.36. The molecule has 0 radical (unpaired) electrons. The van der Waals surface area contributed by atoms with Crippen molar-refractivity contribution >= 4 is 0 Å². The van der Waals surface area contributed by atoms with Gasteiger partial charge in [-0.3, -0.25) is 9.80 Å². The molecule has 2 aliphatic rings. The Morgan fingerprint density at radius 2 is 1.89 bits per heavy atom. The van der Waals surface area contributed by atoms with Crippen LogP contribution in [0.15, 0.2) is 0 Å². The van der Waals surface area contributed by atoms with E-state index in [0.29, 0.717) is 17.0 Å². The number of piperazine rings is 1. The minimum atomic E-state index is 0.317. The van der Waals surface area contributed by atoms with E-state index >= 15 is 0 Å². The molecule has 0 aliphatic carbocycles. The number of nitrogens with one attached hydrogen (secondary N) is 1. The minimum Gasteiger partial charge on any atom is -0.312 e. The van der Waals surface area contributed by atoms with Crippen LogP contribution in [0.25, 0.3) is 0 Å². The molecule has 1 atom stereocenters. The zero-order valence-electron chi connectivity index (χ0n) is 12.9. The quantitative estimate of drug-likeness (QED) is 0.809. The van der Waals surface area contributed by atoms with E-state index < -0.39 is 0 Å². The van der Waals surface area contributed by atoms with Crippen molar-refractivity contribution in [3.63, 3.8) is 0 Å². The third kappa shape index (κ3) is 3.06. The summed E-state index contributed by atoms with van der Waals surface area (Å²) in [6.07, 6.45) is 2.69. The van der Waals surface area contributed by atoms with Gasteiger partial charge in [0.15, 0.2) is 0 Å². The standard InChI is InChI=1S/C15H31N3/c1-14(2)7-6-8-16-13(14)11-18-10-9-17(5)15(3,4)12-18/h13,16H,6-12H2,1-5H3. The monoisotopic (exact) mass is 253 g/mol. The van der Waals surface area contributed by atoms with Crippen LogP contribution >= 0.6 is 0 Å². The first-order valence-electron chi connectivity index (χ1n) is 7.48. The normalized spacial score (nSPS) is 33.5. The molecule has 2 rings (SSSR count). The van der Waals surface area contributed by atoms with Crippen molar-refractivity contribution in [3.05, 3.63) is 0 Å². The lowest BCUT2D eigenvalue weighted by atomic mass is 9.77. The van der Waals surface area contributed by atoms with Crippen LogP contribution in [0.1, 0.15) is 40.5 Å². The van der Waals surface area contributed by atoms with Gasteiger partial charge in [-0.05, 0) is 45.7 Å². The summed E-state index contributed by atoms with van der Waals surface area (Å²) in [4.78, 5) is 5.15. The first kappa shape index (κ1) is 14.3. The fraction of sp³-hybridized carbons (Fsp3) is 1.00. The Morgan fingerprint density at radius 1 is 1.17 bits per heavy atom. The maximum Gasteiger partial charge on any atom is 0.0277 e. The third-order valence-electron chi connectivity index (χ3n) is 5.17. The molecule has 0 bridgehead atoms. The van der Waals surface area contributed by atoms with Crippen molar-refractivity contribution in [2.45, 2.75) is 52.1 Å². The Morgan fingerprint density at radius 3 is 2.50 bits per heavy atom. The number of rotatable bonds is 2. The molecule has 0 aromatic carbocycles. The van der Waals surface area contributed by atoms with Crippen LogP contribution in [-0.2, 0) is 0 Å². The second kappa shape index (κ2) is 5.10. The van der Waals surface area contributed by atoms with Crippen molar-refractivity contribution in [1.29, 1.82) is 0 Å². The smallest absolute Gasteiger partial charge is 0.0277 e. The highest BCUT2D eigenvalue weighted by molar-refractivity contribution is 4.94. The lowest BCUT2D eigenvalue weighted by Crippen LogP contribution is -2.61. The summed E-state index contributed by atoms with van der Waals surface area (Å²) in [5.41, 5.74) is 0.767. The molecule has 0 aromatic rings. The molecule has 0 aromatic heterocycles. The van der Waals surface area contributed by atoms with Crippen LogP contribution in [0.5, 0.6) is 0 Å². The van der Waals surface area contributed by atoms with Gasteiger partial charge in [0, 0.05) is 37.8 Å². The molecule has 2 saturated heterocycles. The largest absolute Gasteiger partial charge is 0.312 e. The third-order valence-corrected chi connectivity index (χ3v) is 5.17. The average Bonchev–Trinajstić information content (AvgIpc) is 2.26. The lowest BCUT2D eigenvalue weighted by molar-refractivity contribution is 0.0211. The van der Waals surface area contributed by atoms with Gasteiger partial charge < -0.3 is 5.32 Å². The second-order valence-corrected chi connectivity index (χ2v) is 7.57. The maximum absolute atomic E-state index is 3.74. The van der Waals surface area contributed by atoms with Gasteiger partial charge in [0.25, 0.3) is 0 Å². The number of piperidine rings is 1. The Labute approximate surface area is 113 Å². The van der Waals surface area contributed by atoms with E-state index in [9.17, 15) is 0 Å². The number of hydrogen-bond donors (Lipinski definition) is 1. The van der Waals surface area contributed by atoms with E-state index in [-0.39, 0.29) is 0 Å². The SMILES string of the molecule is CN1CCN(CC2NCCCC2(C)C)CC1(C)C. The van der Waals surface area contributed by atoms with Crippen molar-refractivity contribution in [1.82, 2.24) is 15.1 Å². The van der Waals surface area contributed by atoms with Gasteiger partial charge in [0.05, 0.1) is 0 Å². The number of hydrogen-bond acceptors (Lipinski definition) is 3. The van der Waals surface area contributed by atoms with E-state index in [0.717, 1.165) is 0 Å². The zero-order valence-corrected chi connectivity index (χ0v) is 12.9. The Kier molecular flexibility index (Phi) is 4.05. The van der Waals surface area contributed by atoms with Gasteiger partial charge >= 0.3 is 0 Å². The summed E-state index contributed by atoms with van der Waals surface area (Å²) in [5.74, 6) is 0. The maximum atomic E-state index is 3.74. The van der Waals surface area contributed by atoms with Gasteiger partial charge in [-0.1, -0.05) is 13.8 Å². The fourth-order valence-electron chi connectivity index (χ4n) is 3.34. The van der Waals surface area contributed by atoms with Crippen LogP contribution in [0.3, 0.4) is 0 Å². The summed E-state index contributed by atoms with van der Waals surface area (Å²) in [6.45, 7) is 15.6. The van der Waals surface area contributed by atoms with E-state index in [1.807, 2.05) is 0 Å². The summed E-state index contributed by atoms with van der Waals surface area (Å²) in [7, 11) is 2.25. The molecule has 2 fully saturated rings. The minimum absolute atomic E-state index is 0.317. The van der Waals surface area contributed by atoms with Gasteiger partial charge in [0.2, 0.25) is 0 Å². The Hall–Kier alpha value is -0.120. The zero-order chi connectivity index (χ0) is 13.4. The van der Waals surface area contributed by atoms with Crippen LogP contribution in [0.4, 0.5) is 0 Å². The van der Waals surface area contributed by atoms with Crippen LogP contribution in [0, 0.1) is 5.41 Å². The number of likely N-dealkylation sites (N-methyl/N-ethyl adjacent to an activating group) is 1. The molecule has 0 spiro atoms. The molecular weight excluding hydrogens is 222 g/mol. The first-order valence-corrected chi connectivity index (χ1v) is 7.48. The average molecular weight is 253 g/mol.